The highest BCUT2D eigenvalue weighted by Gasteiger charge is 2.36. The first-order chi connectivity index (χ1) is 12.4. The fraction of sp³-hybridized carbons (Fsp3) is 0.529. The van der Waals surface area contributed by atoms with Crippen molar-refractivity contribution < 1.29 is 22.1 Å². The maximum Gasteiger partial charge on any atom is 0.231 e. The van der Waals surface area contributed by atoms with Gasteiger partial charge in [0, 0.05) is 19.5 Å². The Morgan fingerprint density at radius 1 is 1.35 bits per heavy atom. The molecule has 26 heavy (non-hydrogen) atoms. The molecule has 1 unspecified atom stereocenters. The van der Waals surface area contributed by atoms with Crippen LogP contribution in [0.5, 0.6) is 5.75 Å². The number of aromatic nitrogens is 2. The van der Waals surface area contributed by atoms with E-state index in [0.717, 1.165) is 0 Å². The van der Waals surface area contributed by atoms with Gasteiger partial charge < -0.3 is 9.26 Å². The van der Waals surface area contributed by atoms with Gasteiger partial charge in [-0.2, -0.15) is 4.98 Å². The Morgan fingerprint density at radius 3 is 2.77 bits per heavy atom. The van der Waals surface area contributed by atoms with E-state index >= 15 is 0 Å². The number of benzene rings is 1. The van der Waals surface area contributed by atoms with Crippen molar-refractivity contribution in [3.8, 4) is 5.75 Å². The lowest BCUT2D eigenvalue weighted by atomic mass is 10.1. The summed E-state index contributed by atoms with van der Waals surface area (Å²) in [7, 11) is -3.26. The summed E-state index contributed by atoms with van der Waals surface area (Å²) in [4.78, 5) is 4.36. The molecule has 142 valence electrons. The first kappa shape index (κ1) is 18.8. The zero-order valence-electron chi connectivity index (χ0n) is 14.8. The number of rotatable bonds is 7. The van der Waals surface area contributed by atoms with Crippen LogP contribution in [-0.4, -0.2) is 47.8 Å². The van der Waals surface area contributed by atoms with Crippen LogP contribution in [-0.2, 0) is 16.4 Å². The number of nitrogens with zero attached hydrogens (tertiary/aromatic N) is 3. The summed E-state index contributed by atoms with van der Waals surface area (Å²) in [5.41, 5.74) is 0. The number of hydrogen-bond donors (Lipinski definition) is 0. The second-order valence-electron chi connectivity index (χ2n) is 6.54. The summed E-state index contributed by atoms with van der Waals surface area (Å²) in [6.07, 6.45) is 1.11. The molecule has 1 aliphatic rings. The van der Waals surface area contributed by atoms with Crippen molar-refractivity contribution in [2.24, 2.45) is 0 Å². The Balaban J connectivity index is 1.53. The minimum atomic E-state index is -3.26. The highest BCUT2D eigenvalue weighted by atomic mass is 32.2. The van der Waals surface area contributed by atoms with Crippen molar-refractivity contribution >= 4 is 10.0 Å². The summed E-state index contributed by atoms with van der Waals surface area (Å²) < 4.78 is 49.6. The standard InChI is InChI=1S/C17H22FN3O4S/c1-12(2)26(22,23)21-9-7-13(11-21)17-19-16(20-25-17)8-10-24-15-5-3-14(18)4-6-15/h3-6,12-13H,7-11H2,1-2H3. The van der Waals surface area contributed by atoms with Crippen LogP contribution in [0.25, 0.3) is 0 Å². The molecular weight excluding hydrogens is 361 g/mol. The molecule has 2 aromatic rings. The van der Waals surface area contributed by atoms with E-state index in [4.69, 9.17) is 9.26 Å². The van der Waals surface area contributed by atoms with Gasteiger partial charge in [0.2, 0.25) is 15.9 Å². The number of halogens is 1. The zero-order chi connectivity index (χ0) is 18.7. The Hall–Kier alpha value is -2.00. The summed E-state index contributed by atoms with van der Waals surface area (Å²) in [5, 5.41) is 3.49. The lowest BCUT2D eigenvalue weighted by molar-refractivity contribution is 0.311. The molecule has 0 amide bonds. The van der Waals surface area contributed by atoms with E-state index < -0.39 is 15.3 Å². The number of hydrogen-bond acceptors (Lipinski definition) is 6. The second kappa shape index (κ2) is 7.71. The highest BCUT2D eigenvalue weighted by molar-refractivity contribution is 7.89. The average Bonchev–Trinajstić information content (AvgIpc) is 3.26. The summed E-state index contributed by atoms with van der Waals surface area (Å²) in [6, 6.07) is 5.77. The number of sulfonamides is 1. The maximum atomic E-state index is 12.8. The molecule has 0 bridgehead atoms. The van der Waals surface area contributed by atoms with Gasteiger partial charge in [-0.3, -0.25) is 0 Å². The summed E-state index contributed by atoms with van der Waals surface area (Å²) in [6.45, 7) is 4.52. The largest absolute Gasteiger partial charge is 0.493 e. The first-order valence-electron chi connectivity index (χ1n) is 8.56. The molecule has 0 radical (unpaired) electrons. The topological polar surface area (TPSA) is 85.5 Å². The van der Waals surface area contributed by atoms with E-state index in [1.54, 1.807) is 26.0 Å². The van der Waals surface area contributed by atoms with Crippen molar-refractivity contribution in [2.45, 2.75) is 37.9 Å². The van der Waals surface area contributed by atoms with Gasteiger partial charge in [0.1, 0.15) is 11.6 Å². The van der Waals surface area contributed by atoms with Gasteiger partial charge in [0.25, 0.3) is 0 Å². The van der Waals surface area contributed by atoms with E-state index in [1.807, 2.05) is 0 Å². The third-order valence-electron chi connectivity index (χ3n) is 4.35. The van der Waals surface area contributed by atoms with Crippen LogP contribution >= 0.6 is 0 Å². The second-order valence-corrected chi connectivity index (χ2v) is 9.03. The van der Waals surface area contributed by atoms with E-state index in [2.05, 4.69) is 10.1 Å². The minimum absolute atomic E-state index is 0.0807. The molecule has 1 aromatic heterocycles. The van der Waals surface area contributed by atoms with Crippen molar-refractivity contribution in [3.05, 3.63) is 41.8 Å². The molecule has 7 nitrogen and oxygen atoms in total. The fourth-order valence-electron chi connectivity index (χ4n) is 2.78. The van der Waals surface area contributed by atoms with Crippen LogP contribution in [0.2, 0.25) is 0 Å². The fourth-order valence-corrected chi connectivity index (χ4v) is 4.13. The Morgan fingerprint density at radius 2 is 2.08 bits per heavy atom. The lowest BCUT2D eigenvalue weighted by Crippen LogP contribution is -2.34. The third kappa shape index (κ3) is 4.21. The molecule has 2 heterocycles. The van der Waals surface area contributed by atoms with Gasteiger partial charge in [-0.05, 0) is 44.5 Å². The molecule has 3 rings (SSSR count). The third-order valence-corrected chi connectivity index (χ3v) is 6.59. The predicted octanol–water partition coefficient (Wildman–Crippen LogP) is 2.36. The maximum absolute atomic E-state index is 12.8. The summed E-state index contributed by atoms with van der Waals surface area (Å²) in [5.74, 6) is 1.14. The number of ether oxygens (including phenoxy) is 1. The Labute approximate surface area is 152 Å². The monoisotopic (exact) mass is 383 g/mol. The van der Waals surface area contributed by atoms with Crippen LogP contribution < -0.4 is 4.74 Å². The van der Waals surface area contributed by atoms with Crippen LogP contribution in [0.15, 0.2) is 28.8 Å². The molecular formula is C17H22FN3O4S. The van der Waals surface area contributed by atoms with Crippen LogP contribution in [0.1, 0.15) is 37.9 Å². The predicted molar refractivity (Wildman–Crippen MR) is 92.9 cm³/mol. The molecule has 1 fully saturated rings. The molecule has 9 heteroatoms. The van der Waals surface area contributed by atoms with Crippen molar-refractivity contribution in [3.63, 3.8) is 0 Å². The molecule has 1 saturated heterocycles. The SMILES string of the molecule is CC(C)S(=O)(=O)N1CCC(c2nc(CCOc3ccc(F)cc3)no2)C1. The lowest BCUT2D eigenvalue weighted by Gasteiger charge is -2.18. The quantitative estimate of drug-likeness (QED) is 0.730. The van der Waals surface area contributed by atoms with Gasteiger partial charge in [0.15, 0.2) is 5.82 Å². The van der Waals surface area contributed by atoms with Crippen molar-refractivity contribution in [1.82, 2.24) is 14.4 Å². The van der Waals surface area contributed by atoms with E-state index in [1.165, 1.54) is 16.4 Å². The van der Waals surface area contributed by atoms with Crippen molar-refractivity contribution in [1.29, 1.82) is 0 Å². The van der Waals surface area contributed by atoms with Gasteiger partial charge in [-0.15, -0.1) is 0 Å². The van der Waals surface area contributed by atoms with E-state index in [-0.39, 0.29) is 11.7 Å². The smallest absolute Gasteiger partial charge is 0.231 e. The molecule has 1 aliphatic heterocycles. The van der Waals surface area contributed by atoms with E-state index in [9.17, 15) is 12.8 Å². The van der Waals surface area contributed by atoms with Gasteiger partial charge in [-0.25, -0.2) is 17.1 Å². The molecule has 0 spiro atoms. The Bertz CT molecular complexity index is 836. The summed E-state index contributed by atoms with van der Waals surface area (Å²) >= 11 is 0. The normalized spacial score (nSPS) is 18.5. The molecule has 1 aromatic carbocycles. The molecule has 1 atom stereocenters. The van der Waals surface area contributed by atoms with Gasteiger partial charge in [0.05, 0.1) is 17.8 Å². The molecule has 0 aliphatic carbocycles. The van der Waals surface area contributed by atoms with Gasteiger partial charge >= 0.3 is 0 Å². The first-order valence-corrected chi connectivity index (χ1v) is 10.1. The molecule has 0 saturated carbocycles. The zero-order valence-corrected chi connectivity index (χ0v) is 15.6. The Kier molecular flexibility index (Phi) is 5.57. The van der Waals surface area contributed by atoms with Crippen LogP contribution in [0, 0.1) is 5.82 Å². The highest BCUT2D eigenvalue weighted by Crippen LogP contribution is 2.29. The van der Waals surface area contributed by atoms with E-state index in [0.29, 0.717) is 50.0 Å². The van der Waals surface area contributed by atoms with Crippen LogP contribution in [0.3, 0.4) is 0 Å². The van der Waals surface area contributed by atoms with Crippen molar-refractivity contribution in [2.75, 3.05) is 19.7 Å². The van der Waals surface area contributed by atoms with Gasteiger partial charge in [-0.1, -0.05) is 5.16 Å². The average molecular weight is 383 g/mol. The van der Waals surface area contributed by atoms with Crippen LogP contribution in [0.4, 0.5) is 4.39 Å². The molecule has 0 N–H and O–H groups in total. The minimum Gasteiger partial charge on any atom is -0.493 e.